The Morgan fingerprint density at radius 3 is 2.25 bits per heavy atom. The predicted octanol–water partition coefficient (Wildman–Crippen LogP) is 1.08. The first-order chi connectivity index (χ1) is 7.13. The highest BCUT2D eigenvalue weighted by Crippen LogP contribution is 2.20. The SMILES string of the molecule is CC(C)(Cc1nnn(C(C)(C)C)n1)C(=O)O. The van der Waals surface area contributed by atoms with Crippen LogP contribution in [-0.4, -0.2) is 31.3 Å². The molecule has 1 rings (SSSR count). The fourth-order valence-corrected chi connectivity index (χ4v) is 1.07. The molecular weight excluding hydrogens is 208 g/mol. The van der Waals surface area contributed by atoms with E-state index in [2.05, 4.69) is 15.4 Å². The van der Waals surface area contributed by atoms with Crippen molar-refractivity contribution >= 4 is 5.97 Å². The molecule has 6 nitrogen and oxygen atoms in total. The fourth-order valence-electron chi connectivity index (χ4n) is 1.07. The van der Waals surface area contributed by atoms with Crippen LogP contribution in [0.2, 0.25) is 0 Å². The van der Waals surface area contributed by atoms with Crippen LogP contribution in [0.3, 0.4) is 0 Å². The summed E-state index contributed by atoms with van der Waals surface area (Å²) in [6.45, 7) is 9.17. The molecule has 0 aliphatic heterocycles. The van der Waals surface area contributed by atoms with E-state index in [1.54, 1.807) is 13.8 Å². The van der Waals surface area contributed by atoms with Gasteiger partial charge in [-0.25, -0.2) is 0 Å². The van der Waals surface area contributed by atoms with E-state index in [-0.39, 0.29) is 12.0 Å². The summed E-state index contributed by atoms with van der Waals surface area (Å²) in [5, 5.41) is 20.9. The molecule has 0 unspecified atom stereocenters. The van der Waals surface area contributed by atoms with Gasteiger partial charge in [-0.15, -0.1) is 10.2 Å². The van der Waals surface area contributed by atoms with Gasteiger partial charge in [-0.05, 0) is 39.8 Å². The zero-order chi connectivity index (χ0) is 12.6. The molecule has 1 aromatic heterocycles. The van der Waals surface area contributed by atoms with Crippen LogP contribution in [0, 0.1) is 5.41 Å². The molecule has 0 spiro atoms. The number of nitrogens with zero attached hydrogens (tertiary/aromatic N) is 4. The minimum absolute atomic E-state index is 0.237. The third-order valence-corrected chi connectivity index (χ3v) is 2.23. The maximum atomic E-state index is 10.9. The van der Waals surface area contributed by atoms with Crippen molar-refractivity contribution < 1.29 is 9.90 Å². The number of hydrogen-bond donors (Lipinski definition) is 1. The molecule has 0 saturated heterocycles. The van der Waals surface area contributed by atoms with E-state index in [4.69, 9.17) is 5.11 Å². The van der Waals surface area contributed by atoms with Crippen molar-refractivity contribution in [3.63, 3.8) is 0 Å². The lowest BCUT2D eigenvalue weighted by Gasteiger charge is -2.17. The molecule has 0 aliphatic rings. The number of carboxylic acids is 1. The lowest BCUT2D eigenvalue weighted by Crippen LogP contribution is -2.27. The minimum atomic E-state index is -0.869. The van der Waals surface area contributed by atoms with E-state index in [0.717, 1.165) is 0 Å². The van der Waals surface area contributed by atoms with Gasteiger partial charge in [-0.3, -0.25) is 4.79 Å². The summed E-state index contributed by atoms with van der Waals surface area (Å²) < 4.78 is 0. The zero-order valence-corrected chi connectivity index (χ0v) is 10.4. The molecule has 1 heterocycles. The summed E-state index contributed by atoms with van der Waals surface area (Å²) in [4.78, 5) is 12.4. The van der Waals surface area contributed by atoms with Crippen molar-refractivity contribution in [2.75, 3.05) is 0 Å². The average molecular weight is 226 g/mol. The molecule has 6 heteroatoms. The first kappa shape index (κ1) is 12.6. The van der Waals surface area contributed by atoms with Crippen LogP contribution < -0.4 is 0 Å². The molecule has 16 heavy (non-hydrogen) atoms. The highest BCUT2D eigenvalue weighted by molar-refractivity contribution is 5.73. The van der Waals surface area contributed by atoms with Gasteiger partial charge in [0.25, 0.3) is 0 Å². The Labute approximate surface area is 94.7 Å². The van der Waals surface area contributed by atoms with Crippen LogP contribution in [0.5, 0.6) is 0 Å². The molecule has 1 N–H and O–H groups in total. The van der Waals surface area contributed by atoms with Crippen LogP contribution in [0.4, 0.5) is 0 Å². The van der Waals surface area contributed by atoms with Crippen molar-refractivity contribution in [3.05, 3.63) is 5.82 Å². The Morgan fingerprint density at radius 1 is 1.31 bits per heavy atom. The second-order valence-corrected chi connectivity index (χ2v) is 5.53. The standard InChI is InChI=1S/C10H18N4O2/c1-9(2,3)14-12-7(11-13-14)6-10(4,5)8(15)16/h6H2,1-5H3,(H,15,16). The Balaban J connectivity index is 2.85. The summed E-state index contributed by atoms with van der Waals surface area (Å²) in [6.07, 6.45) is 0.276. The number of rotatable bonds is 3. The largest absolute Gasteiger partial charge is 0.481 e. The molecule has 0 amide bonds. The molecule has 90 valence electrons. The van der Waals surface area contributed by atoms with Crippen LogP contribution in [0.1, 0.15) is 40.4 Å². The smallest absolute Gasteiger partial charge is 0.309 e. The number of tetrazole rings is 1. The van der Waals surface area contributed by atoms with E-state index in [1.165, 1.54) is 4.80 Å². The molecular formula is C10H18N4O2. The second-order valence-electron chi connectivity index (χ2n) is 5.53. The Kier molecular flexibility index (Phi) is 3.03. The maximum absolute atomic E-state index is 10.9. The Hall–Kier alpha value is -1.46. The summed E-state index contributed by atoms with van der Waals surface area (Å²) in [5.74, 6) is -0.401. The molecule has 1 aromatic rings. The van der Waals surface area contributed by atoms with Gasteiger partial charge < -0.3 is 5.11 Å². The molecule has 0 radical (unpaired) electrons. The number of hydrogen-bond acceptors (Lipinski definition) is 4. The summed E-state index contributed by atoms with van der Waals surface area (Å²) >= 11 is 0. The third kappa shape index (κ3) is 2.77. The first-order valence-electron chi connectivity index (χ1n) is 5.16. The highest BCUT2D eigenvalue weighted by Gasteiger charge is 2.30. The molecule has 0 atom stereocenters. The first-order valence-corrected chi connectivity index (χ1v) is 5.16. The number of carboxylic acid groups (broad SMARTS) is 1. The van der Waals surface area contributed by atoms with E-state index in [9.17, 15) is 4.79 Å². The van der Waals surface area contributed by atoms with Crippen molar-refractivity contribution in [2.45, 2.75) is 46.6 Å². The number of aromatic nitrogens is 4. The van der Waals surface area contributed by atoms with Gasteiger partial charge in [0, 0.05) is 6.42 Å². The van der Waals surface area contributed by atoms with Crippen LogP contribution in [0.15, 0.2) is 0 Å². The molecule has 0 saturated carbocycles. The number of aliphatic carboxylic acids is 1. The summed E-state index contributed by atoms with van der Waals surface area (Å²) in [7, 11) is 0. The van der Waals surface area contributed by atoms with Gasteiger partial charge in [-0.1, -0.05) is 0 Å². The van der Waals surface area contributed by atoms with Crippen LogP contribution in [0.25, 0.3) is 0 Å². The van der Waals surface area contributed by atoms with Gasteiger partial charge in [0.2, 0.25) is 0 Å². The minimum Gasteiger partial charge on any atom is -0.481 e. The van der Waals surface area contributed by atoms with Crippen molar-refractivity contribution in [1.82, 2.24) is 20.2 Å². The Morgan fingerprint density at radius 2 is 1.88 bits per heavy atom. The molecule has 0 fully saturated rings. The van der Waals surface area contributed by atoms with Gasteiger partial charge in [0.1, 0.15) is 0 Å². The summed E-state index contributed by atoms with van der Waals surface area (Å²) in [6, 6.07) is 0. The van der Waals surface area contributed by atoms with E-state index in [1.807, 2.05) is 20.8 Å². The van der Waals surface area contributed by atoms with Crippen molar-refractivity contribution in [3.8, 4) is 0 Å². The predicted molar refractivity (Wildman–Crippen MR) is 57.9 cm³/mol. The second kappa shape index (κ2) is 3.84. The van der Waals surface area contributed by atoms with Crippen LogP contribution >= 0.6 is 0 Å². The van der Waals surface area contributed by atoms with Crippen molar-refractivity contribution in [1.29, 1.82) is 0 Å². The average Bonchev–Trinajstić information content (AvgIpc) is 2.50. The van der Waals surface area contributed by atoms with Crippen molar-refractivity contribution in [2.24, 2.45) is 5.41 Å². The number of carbonyl (C=O) groups is 1. The van der Waals surface area contributed by atoms with Gasteiger partial charge in [0.15, 0.2) is 5.82 Å². The molecule has 0 bridgehead atoms. The lowest BCUT2D eigenvalue weighted by molar-refractivity contribution is -0.146. The maximum Gasteiger partial charge on any atom is 0.309 e. The normalized spacial score (nSPS) is 12.8. The quantitative estimate of drug-likeness (QED) is 0.834. The van der Waals surface area contributed by atoms with Gasteiger partial charge in [0.05, 0.1) is 11.0 Å². The monoisotopic (exact) mass is 226 g/mol. The zero-order valence-electron chi connectivity index (χ0n) is 10.4. The van der Waals surface area contributed by atoms with E-state index in [0.29, 0.717) is 5.82 Å². The molecule has 0 aliphatic carbocycles. The molecule has 0 aromatic carbocycles. The summed E-state index contributed by atoms with van der Waals surface area (Å²) in [5.41, 5.74) is -1.11. The third-order valence-electron chi connectivity index (χ3n) is 2.23. The lowest BCUT2D eigenvalue weighted by atomic mass is 9.89. The van der Waals surface area contributed by atoms with E-state index < -0.39 is 11.4 Å². The van der Waals surface area contributed by atoms with Gasteiger partial charge >= 0.3 is 5.97 Å². The van der Waals surface area contributed by atoms with E-state index >= 15 is 0 Å². The topological polar surface area (TPSA) is 80.9 Å². The Bertz CT molecular complexity index is 390. The highest BCUT2D eigenvalue weighted by atomic mass is 16.4. The van der Waals surface area contributed by atoms with Gasteiger partial charge in [-0.2, -0.15) is 4.80 Å². The fraction of sp³-hybridized carbons (Fsp3) is 0.800. The van der Waals surface area contributed by atoms with Crippen LogP contribution in [-0.2, 0) is 16.8 Å².